The molecule has 5 nitrogen and oxygen atoms in total. The summed E-state index contributed by atoms with van der Waals surface area (Å²) in [6, 6.07) is 19.8. The van der Waals surface area contributed by atoms with E-state index in [9.17, 15) is 9.18 Å². The monoisotopic (exact) mass is 554 g/mol. The third-order valence-electron chi connectivity index (χ3n) is 6.30. The van der Waals surface area contributed by atoms with Gasteiger partial charge in [0.1, 0.15) is 0 Å². The molecule has 5 rings (SSSR count). The number of carbonyl (C=O) groups excluding carboxylic acids is 1. The highest BCUT2D eigenvalue weighted by Gasteiger charge is 2.41. The lowest BCUT2D eigenvalue weighted by Crippen LogP contribution is -2.50. The molecule has 2 aromatic carbocycles. The number of carbonyl (C=O) groups is 1. The first-order valence-corrected chi connectivity index (χ1v) is 13.8. The van der Waals surface area contributed by atoms with Crippen molar-refractivity contribution in [1.29, 1.82) is 0 Å². The van der Waals surface area contributed by atoms with E-state index in [0.29, 0.717) is 22.0 Å². The van der Waals surface area contributed by atoms with Crippen molar-refractivity contribution in [3.05, 3.63) is 99.6 Å². The number of ether oxygens (including phenoxy) is 2. The van der Waals surface area contributed by atoms with Crippen LogP contribution < -0.4 is 10.1 Å². The van der Waals surface area contributed by atoms with Crippen LogP contribution in [0.25, 0.3) is 11.3 Å². The maximum Gasteiger partial charge on any atom is 0.165 e. The van der Waals surface area contributed by atoms with E-state index >= 15 is 0 Å². The Morgan fingerprint density at radius 1 is 1.19 bits per heavy atom. The number of hydrogen-bond acceptors (Lipinski definition) is 7. The molecule has 190 valence electrons. The summed E-state index contributed by atoms with van der Waals surface area (Å²) >= 11 is 9.35. The van der Waals surface area contributed by atoms with Gasteiger partial charge >= 0.3 is 0 Å². The quantitative estimate of drug-likeness (QED) is 0.291. The number of benzene rings is 2. The smallest absolute Gasteiger partial charge is 0.165 e. The largest absolute Gasteiger partial charge is 0.494 e. The predicted octanol–water partition coefficient (Wildman–Crippen LogP) is 6.55. The summed E-state index contributed by atoms with van der Waals surface area (Å²) in [7, 11) is 1.43. The number of rotatable bonds is 6. The summed E-state index contributed by atoms with van der Waals surface area (Å²) in [6.07, 6.45) is 0.179. The summed E-state index contributed by atoms with van der Waals surface area (Å²) in [4.78, 5) is 19.6. The van der Waals surface area contributed by atoms with Crippen molar-refractivity contribution < 1.29 is 18.7 Å². The SMILES string of the molecule is COc1cc(-c2cccc(C3(c4ccsc4)CC(=O)C(Sc4ccccc4Cl)COCN3)n2)ccc1F. The van der Waals surface area contributed by atoms with Crippen LogP contribution in [-0.2, 0) is 15.1 Å². The number of nitrogens with one attached hydrogen (secondary N) is 1. The van der Waals surface area contributed by atoms with Crippen LogP contribution in [0.1, 0.15) is 17.7 Å². The number of thioether (sulfide) groups is 1. The second-order valence-corrected chi connectivity index (χ2v) is 11.0. The third kappa shape index (κ3) is 5.44. The number of halogens is 2. The van der Waals surface area contributed by atoms with Crippen LogP contribution in [0.3, 0.4) is 0 Å². The molecule has 0 radical (unpaired) electrons. The summed E-state index contributed by atoms with van der Waals surface area (Å²) in [6.45, 7) is 0.503. The van der Waals surface area contributed by atoms with Crippen LogP contribution in [0.15, 0.2) is 82.4 Å². The molecule has 3 heterocycles. The maximum absolute atomic E-state index is 14.0. The first kappa shape index (κ1) is 25.9. The van der Waals surface area contributed by atoms with Gasteiger partial charge in [-0.1, -0.05) is 29.8 Å². The Kier molecular flexibility index (Phi) is 7.92. The zero-order valence-corrected chi connectivity index (χ0v) is 22.3. The zero-order chi connectivity index (χ0) is 25.8. The van der Waals surface area contributed by atoms with Gasteiger partial charge in [0.05, 0.1) is 47.6 Å². The van der Waals surface area contributed by atoms with Gasteiger partial charge in [0.25, 0.3) is 0 Å². The number of pyridine rings is 1. The number of thiophene rings is 1. The van der Waals surface area contributed by atoms with Crippen molar-refractivity contribution in [3.8, 4) is 17.0 Å². The van der Waals surface area contributed by atoms with Gasteiger partial charge in [0.2, 0.25) is 0 Å². The Balaban J connectivity index is 1.54. The molecule has 1 N–H and O–H groups in total. The van der Waals surface area contributed by atoms with Crippen LogP contribution in [0.2, 0.25) is 5.02 Å². The molecule has 1 fully saturated rings. The molecule has 1 aliphatic rings. The molecule has 2 aromatic heterocycles. The normalized spacial score (nSPS) is 20.3. The molecule has 2 atom stereocenters. The molecule has 37 heavy (non-hydrogen) atoms. The molecule has 0 saturated carbocycles. The highest BCUT2D eigenvalue weighted by atomic mass is 35.5. The van der Waals surface area contributed by atoms with Crippen LogP contribution in [-0.4, -0.2) is 36.5 Å². The average Bonchev–Trinajstić information content (AvgIpc) is 3.45. The summed E-state index contributed by atoms with van der Waals surface area (Å²) in [5.41, 5.74) is 2.05. The van der Waals surface area contributed by atoms with E-state index < -0.39 is 16.6 Å². The fraction of sp³-hybridized carbons (Fsp3) is 0.214. The number of methoxy groups -OCH3 is 1. The van der Waals surface area contributed by atoms with E-state index in [1.807, 2.05) is 59.3 Å². The highest BCUT2D eigenvalue weighted by molar-refractivity contribution is 8.00. The molecule has 1 saturated heterocycles. The van der Waals surface area contributed by atoms with Crippen molar-refractivity contribution >= 4 is 40.5 Å². The molecule has 2 unspecified atom stereocenters. The van der Waals surface area contributed by atoms with E-state index in [0.717, 1.165) is 10.5 Å². The van der Waals surface area contributed by atoms with Crippen molar-refractivity contribution in [3.63, 3.8) is 0 Å². The molecule has 1 aliphatic heterocycles. The Morgan fingerprint density at radius 2 is 2.05 bits per heavy atom. The number of nitrogens with zero attached hydrogens (tertiary/aromatic N) is 1. The molecular formula is C28H24ClFN2O3S2. The average molecular weight is 555 g/mol. The minimum absolute atomic E-state index is 0.0268. The lowest BCUT2D eigenvalue weighted by molar-refractivity contribution is -0.122. The summed E-state index contributed by atoms with van der Waals surface area (Å²) in [5.74, 6) is -0.271. The third-order valence-corrected chi connectivity index (χ3v) is 8.72. The predicted molar refractivity (Wildman–Crippen MR) is 146 cm³/mol. The minimum Gasteiger partial charge on any atom is -0.494 e. The summed E-state index contributed by atoms with van der Waals surface area (Å²) < 4.78 is 25.1. The molecule has 0 bridgehead atoms. The van der Waals surface area contributed by atoms with E-state index in [2.05, 4.69) is 5.32 Å². The lowest BCUT2D eigenvalue weighted by Gasteiger charge is -2.37. The summed E-state index contributed by atoms with van der Waals surface area (Å²) in [5, 5.41) is 7.65. The van der Waals surface area contributed by atoms with Crippen LogP contribution in [0, 0.1) is 5.82 Å². The molecule has 4 aromatic rings. The minimum atomic E-state index is -0.906. The van der Waals surface area contributed by atoms with Crippen molar-refractivity contribution in [1.82, 2.24) is 10.3 Å². The van der Waals surface area contributed by atoms with E-state index in [4.69, 9.17) is 26.1 Å². The van der Waals surface area contributed by atoms with Crippen LogP contribution in [0.4, 0.5) is 4.39 Å². The van der Waals surface area contributed by atoms with Gasteiger partial charge in [0, 0.05) is 16.9 Å². The first-order valence-electron chi connectivity index (χ1n) is 11.6. The lowest BCUT2D eigenvalue weighted by atomic mass is 9.82. The molecule has 9 heteroatoms. The van der Waals surface area contributed by atoms with Gasteiger partial charge in [-0.15, -0.1) is 11.8 Å². The fourth-order valence-corrected chi connectivity index (χ4v) is 6.38. The van der Waals surface area contributed by atoms with Gasteiger partial charge in [0.15, 0.2) is 17.3 Å². The van der Waals surface area contributed by atoms with Gasteiger partial charge in [-0.2, -0.15) is 11.3 Å². The molecule has 0 aliphatic carbocycles. The van der Waals surface area contributed by atoms with Gasteiger partial charge in [-0.3, -0.25) is 15.1 Å². The zero-order valence-electron chi connectivity index (χ0n) is 19.9. The Labute approximate surface area is 228 Å². The van der Waals surface area contributed by atoms with Crippen molar-refractivity contribution in [2.45, 2.75) is 22.1 Å². The van der Waals surface area contributed by atoms with E-state index in [-0.39, 0.29) is 31.3 Å². The number of ketones is 1. The number of aromatic nitrogens is 1. The highest BCUT2D eigenvalue weighted by Crippen LogP contribution is 2.39. The topological polar surface area (TPSA) is 60.5 Å². The van der Waals surface area contributed by atoms with Gasteiger partial charge in [-0.25, -0.2) is 4.39 Å². The van der Waals surface area contributed by atoms with Crippen LogP contribution >= 0.6 is 34.7 Å². The van der Waals surface area contributed by atoms with Crippen molar-refractivity contribution in [2.24, 2.45) is 0 Å². The number of Topliss-reactive ketones (excluding diaryl/α,β-unsaturated/α-hetero) is 1. The second kappa shape index (κ2) is 11.3. The fourth-order valence-electron chi connectivity index (χ4n) is 4.36. The van der Waals surface area contributed by atoms with E-state index in [1.165, 1.54) is 24.9 Å². The van der Waals surface area contributed by atoms with E-state index in [1.54, 1.807) is 23.5 Å². The van der Waals surface area contributed by atoms with Gasteiger partial charge in [-0.05, 0) is 64.9 Å². The number of hydrogen-bond donors (Lipinski definition) is 1. The maximum atomic E-state index is 14.0. The van der Waals surface area contributed by atoms with Crippen molar-refractivity contribution in [2.75, 3.05) is 20.4 Å². The second-order valence-electron chi connectivity index (χ2n) is 8.55. The first-order chi connectivity index (χ1) is 18.0. The Morgan fingerprint density at radius 3 is 2.84 bits per heavy atom. The Hall–Kier alpha value is -2.75. The standard InChI is InChI=1S/C28H24ClFN2O3S2/c1-34-24-13-18(9-10-21(24)30)22-6-4-8-27(32-22)28(19-11-12-36-16-19)14-23(33)26(15-35-17-31-28)37-25-7-3-2-5-20(25)29/h2-13,16,26,31H,14-15,17H2,1H3. The van der Waals surface area contributed by atoms with Gasteiger partial charge < -0.3 is 9.47 Å². The molecule has 0 amide bonds. The van der Waals surface area contributed by atoms with Crippen LogP contribution in [0.5, 0.6) is 5.75 Å². The Bertz CT molecular complexity index is 1400. The molecule has 0 spiro atoms. The molecular weight excluding hydrogens is 531 g/mol.